The molecular formula is C15H11ClN4O2S3. The number of nitrogens with one attached hydrogen (secondary N) is 2. The zero-order chi connectivity index (χ0) is 17.6. The number of anilines is 2. The van der Waals surface area contributed by atoms with Crippen molar-refractivity contribution < 1.29 is 9.59 Å². The largest absolute Gasteiger partial charge is 0.326 e. The van der Waals surface area contributed by atoms with Gasteiger partial charge < -0.3 is 0 Å². The molecule has 2 amide bonds. The molecule has 0 saturated carbocycles. The fourth-order valence-corrected chi connectivity index (χ4v) is 4.13. The number of rotatable bonds is 6. The molecule has 0 unspecified atom stereocenters. The molecule has 0 saturated heterocycles. The number of benzene rings is 1. The topological polar surface area (TPSA) is 84.0 Å². The SMILES string of the molecule is O=C(Nc1cccs1)Nc1nnc(SCC(=O)c2ccc(Cl)cc2)s1. The molecule has 6 nitrogen and oxygen atoms in total. The van der Waals surface area contributed by atoms with Gasteiger partial charge in [0, 0.05) is 10.6 Å². The van der Waals surface area contributed by atoms with E-state index in [2.05, 4.69) is 20.8 Å². The number of urea groups is 1. The molecule has 0 atom stereocenters. The van der Waals surface area contributed by atoms with Gasteiger partial charge in [0.25, 0.3) is 0 Å². The van der Waals surface area contributed by atoms with E-state index in [9.17, 15) is 9.59 Å². The Labute approximate surface area is 160 Å². The molecule has 0 aliphatic rings. The molecule has 2 aromatic heterocycles. The van der Waals surface area contributed by atoms with Gasteiger partial charge >= 0.3 is 6.03 Å². The molecular weight excluding hydrogens is 400 g/mol. The second-order valence-electron chi connectivity index (χ2n) is 4.65. The van der Waals surface area contributed by atoms with Crippen LogP contribution in [0.25, 0.3) is 0 Å². The molecule has 0 radical (unpaired) electrons. The number of carbonyl (C=O) groups is 2. The predicted molar refractivity (Wildman–Crippen MR) is 103 cm³/mol. The van der Waals surface area contributed by atoms with E-state index in [1.165, 1.54) is 34.4 Å². The van der Waals surface area contributed by atoms with Gasteiger partial charge in [-0.1, -0.05) is 34.7 Å². The zero-order valence-corrected chi connectivity index (χ0v) is 15.8. The Balaban J connectivity index is 1.50. The van der Waals surface area contributed by atoms with Crippen LogP contribution in [0.5, 0.6) is 0 Å². The van der Waals surface area contributed by atoms with Gasteiger partial charge in [0.2, 0.25) is 5.13 Å². The van der Waals surface area contributed by atoms with Crippen molar-refractivity contribution in [1.82, 2.24) is 10.2 Å². The molecule has 0 aliphatic heterocycles. The minimum absolute atomic E-state index is 0.0261. The summed E-state index contributed by atoms with van der Waals surface area (Å²) in [5, 5.41) is 16.7. The third-order valence-electron chi connectivity index (χ3n) is 2.88. The molecule has 25 heavy (non-hydrogen) atoms. The number of nitrogens with zero attached hydrogens (tertiary/aromatic N) is 2. The van der Waals surface area contributed by atoms with Crippen LogP contribution >= 0.6 is 46.0 Å². The fraction of sp³-hybridized carbons (Fsp3) is 0.0667. The molecule has 3 aromatic rings. The van der Waals surface area contributed by atoms with E-state index in [1.807, 2.05) is 11.4 Å². The Morgan fingerprint density at radius 3 is 2.64 bits per heavy atom. The maximum atomic E-state index is 12.1. The van der Waals surface area contributed by atoms with Crippen LogP contribution in [0.15, 0.2) is 46.1 Å². The van der Waals surface area contributed by atoms with Gasteiger partial charge in [-0.25, -0.2) is 4.79 Å². The number of thioether (sulfide) groups is 1. The first-order valence-electron chi connectivity index (χ1n) is 6.97. The lowest BCUT2D eigenvalue weighted by molar-refractivity contribution is 0.102. The number of thiophene rings is 1. The summed E-state index contributed by atoms with van der Waals surface area (Å²) in [5.41, 5.74) is 0.593. The summed E-state index contributed by atoms with van der Waals surface area (Å²) >= 11 is 9.71. The lowest BCUT2D eigenvalue weighted by atomic mass is 10.1. The predicted octanol–water partition coefficient (Wildman–Crippen LogP) is 4.87. The smallest absolute Gasteiger partial charge is 0.299 e. The van der Waals surface area contributed by atoms with Crippen LogP contribution in [0.2, 0.25) is 5.02 Å². The zero-order valence-electron chi connectivity index (χ0n) is 12.6. The molecule has 3 rings (SSSR count). The van der Waals surface area contributed by atoms with Gasteiger partial charge in [0.05, 0.1) is 10.8 Å². The highest BCUT2D eigenvalue weighted by Crippen LogP contribution is 2.26. The summed E-state index contributed by atoms with van der Waals surface area (Å²) in [6.45, 7) is 0. The van der Waals surface area contributed by atoms with Crippen molar-refractivity contribution in [2.45, 2.75) is 4.34 Å². The number of Topliss-reactive ketones (excluding diaryl/α,β-unsaturated/α-hetero) is 1. The van der Waals surface area contributed by atoms with Crippen molar-refractivity contribution in [2.75, 3.05) is 16.4 Å². The standard InChI is InChI=1S/C15H11ClN4O2S3/c16-10-5-3-9(4-6-10)11(21)8-24-15-20-19-14(25-15)18-13(22)17-12-2-1-7-23-12/h1-7H,8H2,(H2,17,18,19,22). The van der Waals surface area contributed by atoms with Crippen LogP contribution in [-0.2, 0) is 0 Å². The van der Waals surface area contributed by atoms with Crippen LogP contribution in [0.4, 0.5) is 14.9 Å². The van der Waals surface area contributed by atoms with Gasteiger partial charge in [-0.15, -0.1) is 21.5 Å². The van der Waals surface area contributed by atoms with E-state index < -0.39 is 0 Å². The summed E-state index contributed by atoms with van der Waals surface area (Å²) in [6.07, 6.45) is 0. The first-order chi connectivity index (χ1) is 12.1. The molecule has 0 aliphatic carbocycles. The summed E-state index contributed by atoms with van der Waals surface area (Å²) in [7, 11) is 0. The van der Waals surface area contributed by atoms with Gasteiger partial charge in [-0.2, -0.15) is 0 Å². The molecule has 0 bridgehead atoms. The summed E-state index contributed by atoms with van der Waals surface area (Å²) in [6, 6.07) is 10.00. The first kappa shape index (κ1) is 17.9. The van der Waals surface area contributed by atoms with E-state index in [0.717, 1.165) is 5.00 Å². The van der Waals surface area contributed by atoms with Crippen molar-refractivity contribution in [2.24, 2.45) is 0 Å². The van der Waals surface area contributed by atoms with E-state index in [-0.39, 0.29) is 17.6 Å². The maximum absolute atomic E-state index is 12.1. The van der Waals surface area contributed by atoms with Gasteiger partial charge in [0.1, 0.15) is 0 Å². The van der Waals surface area contributed by atoms with Crippen LogP contribution in [0.1, 0.15) is 10.4 Å². The number of hydrogen-bond acceptors (Lipinski definition) is 7. The third kappa shape index (κ3) is 5.27. The van der Waals surface area contributed by atoms with E-state index >= 15 is 0 Å². The number of carbonyl (C=O) groups excluding carboxylic acids is 2. The first-order valence-corrected chi connectivity index (χ1v) is 10.0. The van der Waals surface area contributed by atoms with Crippen LogP contribution in [0, 0.1) is 0 Å². The normalized spacial score (nSPS) is 10.4. The molecule has 10 heteroatoms. The third-order valence-corrected chi connectivity index (χ3v) is 5.89. The van der Waals surface area contributed by atoms with Crippen molar-refractivity contribution >= 4 is 68.0 Å². The van der Waals surface area contributed by atoms with Crippen molar-refractivity contribution in [3.63, 3.8) is 0 Å². The number of hydrogen-bond donors (Lipinski definition) is 2. The van der Waals surface area contributed by atoms with E-state index in [0.29, 0.717) is 20.1 Å². The average Bonchev–Trinajstić information content (AvgIpc) is 3.25. The van der Waals surface area contributed by atoms with Crippen LogP contribution in [-0.4, -0.2) is 27.8 Å². The van der Waals surface area contributed by atoms with Gasteiger partial charge in [-0.3, -0.25) is 15.4 Å². The monoisotopic (exact) mass is 410 g/mol. The fourth-order valence-electron chi connectivity index (χ4n) is 1.75. The van der Waals surface area contributed by atoms with E-state index in [4.69, 9.17) is 11.6 Å². The van der Waals surface area contributed by atoms with Crippen molar-refractivity contribution in [3.05, 3.63) is 52.4 Å². The Hall–Kier alpha value is -1.94. The average molecular weight is 411 g/mol. The Kier molecular flexibility index (Phi) is 6.03. The molecule has 128 valence electrons. The maximum Gasteiger partial charge on any atom is 0.326 e. The highest BCUT2D eigenvalue weighted by atomic mass is 35.5. The summed E-state index contributed by atoms with van der Waals surface area (Å²) in [4.78, 5) is 23.9. The Bertz CT molecular complexity index is 865. The van der Waals surface area contributed by atoms with Crippen LogP contribution < -0.4 is 10.6 Å². The number of halogens is 1. The molecule has 2 N–H and O–H groups in total. The number of aromatic nitrogens is 2. The van der Waals surface area contributed by atoms with Crippen LogP contribution in [0.3, 0.4) is 0 Å². The lowest BCUT2D eigenvalue weighted by Gasteiger charge is -2.01. The minimum Gasteiger partial charge on any atom is -0.299 e. The molecule has 0 spiro atoms. The van der Waals surface area contributed by atoms with Crippen molar-refractivity contribution in [1.29, 1.82) is 0 Å². The van der Waals surface area contributed by atoms with E-state index in [1.54, 1.807) is 30.3 Å². The van der Waals surface area contributed by atoms with Gasteiger partial charge in [0.15, 0.2) is 10.1 Å². The quantitative estimate of drug-likeness (QED) is 0.344. The number of ketones is 1. The lowest BCUT2D eigenvalue weighted by Crippen LogP contribution is -2.18. The Morgan fingerprint density at radius 2 is 1.92 bits per heavy atom. The van der Waals surface area contributed by atoms with Gasteiger partial charge in [-0.05, 0) is 41.8 Å². The second kappa shape index (κ2) is 8.43. The summed E-state index contributed by atoms with van der Waals surface area (Å²) in [5.74, 6) is 0.208. The molecule has 1 aromatic carbocycles. The molecule has 0 fully saturated rings. The molecule has 2 heterocycles. The number of amides is 2. The Morgan fingerprint density at radius 1 is 1.12 bits per heavy atom. The van der Waals surface area contributed by atoms with Crippen molar-refractivity contribution in [3.8, 4) is 0 Å². The summed E-state index contributed by atoms with van der Waals surface area (Å²) < 4.78 is 0.605. The highest BCUT2D eigenvalue weighted by molar-refractivity contribution is 8.01. The minimum atomic E-state index is -0.382. The highest BCUT2D eigenvalue weighted by Gasteiger charge is 2.12. The second-order valence-corrected chi connectivity index (χ2v) is 8.23.